The molecule has 3 aromatic carbocycles. The molecule has 0 spiro atoms. The predicted molar refractivity (Wildman–Crippen MR) is 156 cm³/mol. The first-order valence-electron chi connectivity index (χ1n) is 13.8. The molecule has 7 heteroatoms. The summed E-state index contributed by atoms with van der Waals surface area (Å²) in [5.41, 5.74) is 8.03. The van der Waals surface area contributed by atoms with Gasteiger partial charge in [-0.2, -0.15) is 0 Å². The van der Waals surface area contributed by atoms with Crippen molar-refractivity contribution in [1.29, 1.82) is 0 Å². The number of benzene rings is 3. The van der Waals surface area contributed by atoms with Gasteiger partial charge in [-0.1, -0.05) is 12.1 Å². The van der Waals surface area contributed by atoms with Crippen molar-refractivity contribution in [3.63, 3.8) is 0 Å². The number of hydrogen-bond donors (Lipinski definition) is 1. The lowest BCUT2D eigenvalue weighted by Crippen LogP contribution is -2.44. The first kappa shape index (κ1) is 27.3. The van der Waals surface area contributed by atoms with Crippen molar-refractivity contribution in [1.82, 2.24) is 9.80 Å². The number of morpholine rings is 1. The maximum Gasteiger partial charge on any atom is 0.255 e. The number of carbonyl (C=O) groups is 1. The van der Waals surface area contributed by atoms with Crippen molar-refractivity contribution in [2.24, 2.45) is 0 Å². The minimum absolute atomic E-state index is 0.157. The van der Waals surface area contributed by atoms with Gasteiger partial charge in [0.1, 0.15) is 5.82 Å². The molecular formula is C32H39FN4O2. The minimum Gasteiger partial charge on any atom is -0.379 e. The molecule has 3 aromatic rings. The topological polar surface area (TPSA) is 48.1 Å². The van der Waals surface area contributed by atoms with Crippen LogP contribution in [-0.2, 0) is 11.3 Å². The first-order valence-corrected chi connectivity index (χ1v) is 13.8. The van der Waals surface area contributed by atoms with E-state index in [2.05, 4.69) is 34.0 Å². The van der Waals surface area contributed by atoms with Crippen molar-refractivity contribution in [2.75, 3.05) is 69.7 Å². The summed E-state index contributed by atoms with van der Waals surface area (Å²) in [5.74, 6) is -0.426. The summed E-state index contributed by atoms with van der Waals surface area (Å²) in [6.45, 7) is 13.7. The first-order chi connectivity index (χ1) is 18.8. The number of aryl methyl sites for hydroxylation is 2. The van der Waals surface area contributed by atoms with Crippen LogP contribution in [-0.4, -0.2) is 75.2 Å². The number of likely N-dealkylation sites (N-methyl/N-ethyl adjacent to an activating group) is 1. The zero-order chi connectivity index (χ0) is 27.5. The minimum atomic E-state index is -0.268. The van der Waals surface area contributed by atoms with E-state index in [4.69, 9.17) is 4.74 Å². The van der Waals surface area contributed by atoms with Gasteiger partial charge in [0.15, 0.2) is 0 Å². The molecule has 5 rings (SSSR count). The molecule has 0 aliphatic carbocycles. The van der Waals surface area contributed by atoms with Crippen LogP contribution in [0.5, 0.6) is 0 Å². The van der Waals surface area contributed by atoms with Gasteiger partial charge in [0.05, 0.1) is 24.6 Å². The third kappa shape index (κ3) is 6.32. The third-order valence-corrected chi connectivity index (χ3v) is 8.13. The highest BCUT2D eigenvalue weighted by Gasteiger charge is 2.21. The number of hydrogen-bond acceptors (Lipinski definition) is 5. The number of nitrogens with one attached hydrogen (secondary N) is 1. The molecule has 206 valence electrons. The number of rotatable bonds is 6. The van der Waals surface area contributed by atoms with Crippen molar-refractivity contribution in [3.8, 4) is 11.1 Å². The fourth-order valence-electron chi connectivity index (χ4n) is 5.40. The number of halogens is 1. The van der Waals surface area contributed by atoms with E-state index in [1.807, 2.05) is 56.3 Å². The number of ether oxygens (including phenoxy) is 1. The van der Waals surface area contributed by atoms with Crippen molar-refractivity contribution < 1.29 is 13.9 Å². The zero-order valence-corrected chi connectivity index (χ0v) is 23.5. The highest BCUT2D eigenvalue weighted by Crippen LogP contribution is 2.34. The summed E-state index contributed by atoms with van der Waals surface area (Å²) in [5, 5.41) is 3.18. The van der Waals surface area contributed by atoms with Crippen LogP contribution in [0.4, 0.5) is 15.8 Å². The second kappa shape index (κ2) is 11.9. The second-order valence-corrected chi connectivity index (χ2v) is 10.9. The molecule has 0 saturated carbocycles. The molecule has 0 bridgehead atoms. The maximum atomic E-state index is 15.2. The lowest BCUT2D eigenvalue weighted by atomic mass is 9.99. The van der Waals surface area contributed by atoms with Gasteiger partial charge in [-0.05, 0) is 92.0 Å². The number of nitrogens with zero attached hydrogens (tertiary/aromatic N) is 3. The molecule has 39 heavy (non-hydrogen) atoms. The van der Waals surface area contributed by atoms with Crippen molar-refractivity contribution >= 4 is 17.3 Å². The highest BCUT2D eigenvalue weighted by molar-refractivity contribution is 6.06. The summed E-state index contributed by atoms with van der Waals surface area (Å²) in [6, 6.07) is 15.1. The second-order valence-electron chi connectivity index (χ2n) is 10.9. The van der Waals surface area contributed by atoms with E-state index in [-0.39, 0.29) is 11.7 Å². The molecule has 0 unspecified atom stereocenters. The summed E-state index contributed by atoms with van der Waals surface area (Å²) in [7, 11) is 2.12. The molecule has 0 aromatic heterocycles. The van der Waals surface area contributed by atoms with Crippen LogP contribution in [0.15, 0.2) is 48.5 Å². The molecule has 0 atom stereocenters. The zero-order valence-electron chi connectivity index (χ0n) is 23.5. The van der Waals surface area contributed by atoms with Crippen LogP contribution in [0.3, 0.4) is 0 Å². The number of piperazine rings is 1. The van der Waals surface area contributed by atoms with E-state index in [0.29, 0.717) is 16.8 Å². The lowest BCUT2D eigenvalue weighted by Gasteiger charge is -2.35. The van der Waals surface area contributed by atoms with Crippen LogP contribution in [0.1, 0.15) is 32.6 Å². The van der Waals surface area contributed by atoms with Gasteiger partial charge in [0.2, 0.25) is 0 Å². The Labute approximate surface area is 231 Å². The van der Waals surface area contributed by atoms with Crippen molar-refractivity contribution in [2.45, 2.75) is 27.3 Å². The Morgan fingerprint density at radius 3 is 2.28 bits per heavy atom. The monoisotopic (exact) mass is 530 g/mol. The summed E-state index contributed by atoms with van der Waals surface area (Å²) in [4.78, 5) is 20.4. The molecule has 0 radical (unpaired) electrons. The molecule has 2 saturated heterocycles. The lowest BCUT2D eigenvalue weighted by molar-refractivity contribution is 0.0342. The number of carbonyl (C=O) groups excluding carboxylic acids is 1. The molecule has 2 heterocycles. The fraction of sp³-hybridized carbons (Fsp3) is 0.406. The SMILES string of the molecule is Cc1cc(C(=O)Nc2cc(-c3cc(CN4CCOCC4)ccc3F)ccc2N2CCN(C)CC2)cc(C)c1C. The highest BCUT2D eigenvalue weighted by atomic mass is 19.1. The standard InChI is InChI=1S/C32H39FN4O2/c1-22-17-27(18-23(2)24(22)3)32(38)34-30-20-26(6-8-31(30)37-11-9-35(4)10-12-37)28-19-25(5-7-29(28)33)21-36-13-15-39-16-14-36/h5-8,17-20H,9-16,21H2,1-4H3,(H,34,38). The van der Waals surface area contributed by atoms with Crippen LogP contribution in [0, 0.1) is 26.6 Å². The summed E-state index contributed by atoms with van der Waals surface area (Å²) >= 11 is 0. The van der Waals surface area contributed by atoms with E-state index >= 15 is 4.39 Å². The normalized spacial score (nSPS) is 16.9. The van der Waals surface area contributed by atoms with Crippen molar-refractivity contribution in [3.05, 3.63) is 82.2 Å². The van der Waals surface area contributed by atoms with Crippen LogP contribution < -0.4 is 10.2 Å². The Bertz CT molecular complexity index is 1320. The fourth-order valence-corrected chi connectivity index (χ4v) is 5.40. The average Bonchev–Trinajstić information content (AvgIpc) is 2.93. The molecular weight excluding hydrogens is 491 g/mol. The Morgan fingerprint density at radius 2 is 1.59 bits per heavy atom. The Morgan fingerprint density at radius 1 is 0.897 bits per heavy atom. The molecule has 1 N–H and O–H groups in total. The average molecular weight is 531 g/mol. The van der Waals surface area contributed by atoms with Gasteiger partial charge in [-0.25, -0.2) is 4.39 Å². The quantitative estimate of drug-likeness (QED) is 0.472. The van der Waals surface area contributed by atoms with E-state index in [0.717, 1.165) is 87.0 Å². The third-order valence-electron chi connectivity index (χ3n) is 8.13. The molecule has 2 aliphatic rings. The van der Waals surface area contributed by atoms with Gasteiger partial charge >= 0.3 is 0 Å². The Balaban J connectivity index is 1.48. The van der Waals surface area contributed by atoms with Gasteiger partial charge in [0, 0.05) is 56.9 Å². The summed E-state index contributed by atoms with van der Waals surface area (Å²) < 4.78 is 20.7. The number of amides is 1. The van der Waals surface area contributed by atoms with E-state index < -0.39 is 0 Å². The maximum absolute atomic E-state index is 15.2. The molecule has 2 aliphatic heterocycles. The largest absolute Gasteiger partial charge is 0.379 e. The number of anilines is 2. The van der Waals surface area contributed by atoms with Gasteiger partial charge in [-0.3, -0.25) is 9.69 Å². The van der Waals surface area contributed by atoms with Gasteiger partial charge in [-0.15, -0.1) is 0 Å². The smallest absolute Gasteiger partial charge is 0.255 e. The molecule has 1 amide bonds. The van der Waals surface area contributed by atoms with E-state index in [1.165, 1.54) is 5.56 Å². The van der Waals surface area contributed by atoms with Crippen LogP contribution >= 0.6 is 0 Å². The van der Waals surface area contributed by atoms with Gasteiger partial charge < -0.3 is 19.9 Å². The van der Waals surface area contributed by atoms with E-state index in [9.17, 15) is 4.79 Å². The van der Waals surface area contributed by atoms with E-state index in [1.54, 1.807) is 6.07 Å². The Kier molecular flexibility index (Phi) is 8.31. The predicted octanol–water partition coefficient (Wildman–Crippen LogP) is 5.25. The van der Waals surface area contributed by atoms with Gasteiger partial charge in [0.25, 0.3) is 5.91 Å². The Hall–Kier alpha value is -3.26. The molecule has 6 nitrogen and oxygen atoms in total. The molecule has 2 fully saturated rings. The van der Waals surface area contributed by atoms with Crippen LogP contribution in [0.2, 0.25) is 0 Å². The van der Waals surface area contributed by atoms with Crippen LogP contribution in [0.25, 0.3) is 11.1 Å². The summed E-state index contributed by atoms with van der Waals surface area (Å²) in [6.07, 6.45) is 0.